The maximum atomic E-state index is 11.3. The van der Waals surface area contributed by atoms with Gasteiger partial charge in [-0.15, -0.1) is 0 Å². The molecular weight excluding hydrogens is 168 g/mol. The molecule has 0 aromatic heterocycles. The van der Waals surface area contributed by atoms with E-state index in [0.29, 0.717) is 11.8 Å². The van der Waals surface area contributed by atoms with Crippen molar-refractivity contribution in [1.82, 2.24) is 0 Å². The van der Waals surface area contributed by atoms with Crippen molar-refractivity contribution in [3.05, 3.63) is 0 Å². The van der Waals surface area contributed by atoms with Gasteiger partial charge in [-0.25, -0.2) is 4.79 Å². The van der Waals surface area contributed by atoms with Crippen LogP contribution >= 0.6 is 0 Å². The summed E-state index contributed by atoms with van der Waals surface area (Å²) in [5.41, 5.74) is -0.225. The van der Waals surface area contributed by atoms with Crippen molar-refractivity contribution >= 4 is 5.97 Å². The van der Waals surface area contributed by atoms with Gasteiger partial charge in [0.25, 0.3) is 0 Å². The molecule has 2 saturated carbocycles. The Kier molecular flexibility index (Phi) is 1.36. The van der Waals surface area contributed by atoms with Gasteiger partial charge in [-0.05, 0) is 44.4 Å². The molecule has 2 aliphatic carbocycles. The van der Waals surface area contributed by atoms with E-state index in [9.17, 15) is 4.79 Å². The molecule has 3 nitrogen and oxygen atoms in total. The Morgan fingerprint density at radius 1 is 1.23 bits per heavy atom. The van der Waals surface area contributed by atoms with Crippen LogP contribution in [0, 0.1) is 17.8 Å². The predicted octanol–water partition coefficient (Wildman–Crippen LogP) is 1.67. The standard InChI is InChI=1S/C10H14O3/c1-6-9(11)12-13-10(6,7-2-3-7)8-4-5-8/h6-8H,2-5H2,1H3. The molecule has 0 spiro atoms. The summed E-state index contributed by atoms with van der Waals surface area (Å²) < 4.78 is 0. The summed E-state index contributed by atoms with van der Waals surface area (Å²) >= 11 is 0. The molecule has 1 saturated heterocycles. The fraction of sp³-hybridized carbons (Fsp3) is 0.900. The first-order valence-corrected chi connectivity index (χ1v) is 5.14. The topological polar surface area (TPSA) is 35.5 Å². The summed E-state index contributed by atoms with van der Waals surface area (Å²) in [6, 6.07) is 0. The van der Waals surface area contributed by atoms with E-state index in [-0.39, 0.29) is 17.5 Å². The average Bonchev–Trinajstić information content (AvgIpc) is 3.00. The quantitative estimate of drug-likeness (QED) is 0.609. The molecule has 13 heavy (non-hydrogen) atoms. The lowest BCUT2D eigenvalue weighted by molar-refractivity contribution is -0.307. The Morgan fingerprint density at radius 3 is 2.08 bits per heavy atom. The van der Waals surface area contributed by atoms with E-state index in [1.165, 1.54) is 25.7 Å². The number of carbonyl (C=O) groups is 1. The lowest BCUT2D eigenvalue weighted by Gasteiger charge is -2.27. The van der Waals surface area contributed by atoms with Crippen LogP contribution in [0.1, 0.15) is 32.6 Å². The Balaban J connectivity index is 1.93. The van der Waals surface area contributed by atoms with Crippen molar-refractivity contribution in [2.24, 2.45) is 17.8 Å². The van der Waals surface area contributed by atoms with Crippen LogP contribution in [-0.2, 0) is 14.6 Å². The number of hydrogen-bond donors (Lipinski definition) is 0. The molecule has 0 aromatic carbocycles. The number of hydrogen-bond acceptors (Lipinski definition) is 3. The summed E-state index contributed by atoms with van der Waals surface area (Å²) in [7, 11) is 0. The molecule has 1 aliphatic heterocycles. The molecule has 0 amide bonds. The Hall–Kier alpha value is -0.570. The number of carbonyl (C=O) groups excluding carboxylic acids is 1. The Labute approximate surface area is 77.3 Å². The second-order valence-electron chi connectivity index (χ2n) is 4.61. The van der Waals surface area contributed by atoms with Gasteiger partial charge in [-0.2, -0.15) is 4.89 Å². The van der Waals surface area contributed by atoms with Crippen LogP contribution < -0.4 is 0 Å². The van der Waals surface area contributed by atoms with E-state index in [1.807, 2.05) is 6.92 Å². The highest BCUT2D eigenvalue weighted by Gasteiger charge is 2.65. The normalized spacial score (nSPS) is 37.6. The van der Waals surface area contributed by atoms with Crippen LogP contribution in [0.15, 0.2) is 0 Å². The van der Waals surface area contributed by atoms with Crippen molar-refractivity contribution in [1.29, 1.82) is 0 Å². The van der Waals surface area contributed by atoms with Crippen LogP contribution in [0.5, 0.6) is 0 Å². The first-order valence-electron chi connectivity index (χ1n) is 5.14. The van der Waals surface area contributed by atoms with E-state index in [2.05, 4.69) is 0 Å². The van der Waals surface area contributed by atoms with E-state index in [4.69, 9.17) is 9.78 Å². The summed E-state index contributed by atoms with van der Waals surface area (Å²) in [4.78, 5) is 21.4. The largest absolute Gasteiger partial charge is 0.348 e. The molecule has 1 unspecified atom stereocenters. The van der Waals surface area contributed by atoms with Crippen molar-refractivity contribution in [2.75, 3.05) is 0 Å². The van der Waals surface area contributed by atoms with Crippen LogP contribution in [0.3, 0.4) is 0 Å². The molecule has 0 aromatic rings. The van der Waals surface area contributed by atoms with Crippen molar-refractivity contribution < 1.29 is 14.6 Å². The maximum absolute atomic E-state index is 11.3. The van der Waals surface area contributed by atoms with Gasteiger partial charge in [-0.1, -0.05) is 0 Å². The maximum Gasteiger partial charge on any atom is 0.348 e. The smallest absolute Gasteiger partial charge is 0.297 e. The van der Waals surface area contributed by atoms with Gasteiger partial charge in [-0.3, -0.25) is 4.89 Å². The Bertz CT molecular complexity index is 241. The molecular formula is C10H14O3. The minimum absolute atomic E-state index is 0.0486. The Morgan fingerprint density at radius 2 is 1.77 bits per heavy atom. The first kappa shape index (κ1) is 7.80. The van der Waals surface area contributed by atoms with Crippen molar-refractivity contribution in [2.45, 2.75) is 38.2 Å². The van der Waals surface area contributed by atoms with Crippen molar-refractivity contribution in [3.63, 3.8) is 0 Å². The molecule has 72 valence electrons. The van der Waals surface area contributed by atoms with Gasteiger partial charge < -0.3 is 0 Å². The zero-order valence-corrected chi connectivity index (χ0v) is 7.79. The third kappa shape index (κ3) is 0.909. The lowest BCUT2D eigenvalue weighted by Crippen LogP contribution is -2.40. The molecule has 0 N–H and O–H groups in total. The third-order valence-electron chi connectivity index (χ3n) is 3.73. The highest BCUT2D eigenvalue weighted by molar-refractivity contribution is 5.74. The monoisotopic (exact) mass is 182 g/mol. The van der Waals surface area contributed by atoms with Gasteiger partial charge in [0, 0.05) is 0 Å². The lowest BCUT2D eigenvalue weighted by atomic mass is 9.80. The summed E-state index contributed by atoms with van der Waals surface area (Å²) in [5.74, 6) is 0.953. The van der Waals surface area contributed by atoms with Gasteiger partial charge in [0.15, 0.2) is 0 Å². The van der Waals surface area contributed by atoms with Gasteiger partial charge >= 0.3 is 5.97 Å². The van der Waals surface area contributed by atoms with E-state index in [1.54, 1.807) is 0 Å². The highest BCUT2D eigenvalue weighted by atomic mass is 17.2. The minimum Gasteiger partial charge on any atom is -0.297 e. The summed E-state index contributed by atoms with van der Waals surface area (Å²) in [6.07, 6.45) is 4.82. The zero-order chi connectivity index (χ0) is 9.05. The fourth-order valence-electron chi connectivity index (χ4n) is 2.69. The SMILES string of the molecule is CC1C(=O)OOC1(C1CC1)C1CC1. The predicted molar refractivity (Wildman–Crippen MR) is 44.5 cm³/mol. The van der Waals surface area contributed by atoms with Crippen LogP contribution in [0.2, 0.25) is 0 Å². The van der Waals surface area contributed by atoms with Crippen molar-refractivity contribution in [3.8, 4) is 0 Å². The second-order valence-corrected chi connectivity index (χ2v) is 4.61. The summed E-state index contributed by atoms with van der Waals surface area (Å²) in [5, 5.41) is 0. The molecule has 3 aliphatic rings. The average molecular weight is 182 g/mol. The van der Waals surface area contributed by atoms with Gasteiger partial charge in [0.05, 0.1) is 5.92 Å². The second kappa shape index (κ2) is 2.27. The van der Waals surface area contributed by atoms with Gasteiger partial charge in [0.1, 0.15) is 5.60 Å². The molecule has 0 radical (unpaired) electrons. The third-order valence-corrected chi connectivity index (χ3v) is 3.73. The highest BCUT2D eigenvalue weighted by Crippen LogP contribution is 2.59. The van der Waals surface area contributed by atoms with Crippen LogP contribution in [0.4, 0.5) is 0 Å². The molecule has 3 rings (SSSR count). The first-order chi connectivity index (χ1) is 6.25. The zero-order valence-electron chi connectivity index (χ0n) is 7.79. The molecule has 3 heteroatoms. The molecule has 3 fully saturated rings. The minimum atomic E-state index is -0.225. The molecule has 1 heterocycles. The van der Waals surface area contributed by atoms with Crippen LogP contribution in [0.25, 0.3) is 0 Å². The molecule has 0 bridgehead atoms. The van der Waals surface area contributed by atoms with E-state index >= 15 is 0 Å². The molecule has 1 atom stereocenters. The summed E-state index contributed by atoms with van der Waals surface area (Å²) in [6.45, 7) is 1.95. The van der Waals surface area contributed by atoms with Crippen LogP contribution in [-0.4, -0.2) is 11.6 Å². The van der Waals surface area contributed by atoms with E-state index in [0.717, 1.165) is 0 Å². The fourth-order valence-corrected chi connectivity index (χ4v) is 2.69. The van der Waals surface area contributed by atoms with E-state index < -0.39 is 0 Å². The number of rotatable bonds is 2. The van der Waals surface area contributed by atoms with Gasteiger partial charge in [0.2, 0.25) is 0 Å².